The number of benzene rings is 1. The molecule has 4 nitrogen and oxygen atoms in total. The molecule has 1 aliphatic heterocycles. The maximum absolute atomic E-state index is 5.91. The van der Waals surface area contributed by atoms with Gasteiger partial charge in [0.05, 0.1) is 13.2 Å². The molecule has 0 spiro atoms. The molecule has 4 heteroatoms. The minimum absolute atomic E-state index is 0.331. The Bertz CT molecular complexity index is 648. The van der Waals surface area contributed by atoms with Crippen LogP contribution in [-0.4, -0.2) is 16.2 Å². The van der Waals surface area contributed by atoms with Crippen LogP contribution in [0.3, 0.4) is 0 Å². The summed E-state index contributed by atoms with van der Waals surface area (Å²) < 4.78 is 8.16. The summed E-state index contributed by atoms with van der Waals surface area (Å²) in [5, 5.41) is 3.69. The van der Waals surface area contributed by atoms with Gasteiger partial charge in [0.1, 0.15) is 11.6 Å². The molecular formula is C19H27N3O. The van der Waals surface area contributed by atoms with Gasteiger partial charge in [0.25, 0.3) is 0 Å². The highest BCUT2D eigenvalue weighted by atomic mass is 16.5. The molecule has 1 unspecified atom stereocenters. The van der Waals surface area contributed by atoms with Crippen LogP contribution >= 0.6 is 0 Å². The fourth-order valence-electron chi connectivity index (χ4n) is 3.17. The Morgan fingerprint density at radius 3 is 3.09 bits per heavy atom. The number of nitrogens with one attached hydrogen (secondary N) is 1. The number of hydrogen-bond donors (Lipinski definition) is 1. The quantitative estimate of drug-likeness (QED) is 0.911. The van der Waals surface area contributed by atoms with Crippen LogP contribution in [0.5, 0.6) is 5.75 Å². The number of rotatable bonds is 5. The van der Waals surface area contributed by atoms with E-state index in [2.05, 4.69) is 60.0 Å². The highest BCUT2D eigenvalue weighted by molar-refractivity contribution is 5.39. The third-order valence-corrected chi connectivity index (χ3v) is 4.31. The second-order valence-corrected chi connectivity index (χ2v) is 6.86. The highest BCUT2D eigenvalue weighted by Gasteiger charge is 2.20. The van der Waals surface area contributed by atoms with Crippen LogP contribution in [0.15, 0.2) is 30.6 Å². The maximum atomic E-state index is 5.91. The van der Waals surface area contributed by atoms with Gasteiger partial charge in [-0.05, 0) is 37.3 Å². The molecule has 1 aromatic carbocycles. The van der Waals surface area contributed by atoms with E-state index in [9.17, 15) is 0 Å². The molecule has 3 rings (SSSR count). The number of nitrogens with zero attached hydrogens (tertiary/aromatic N) is 2. The van der Waals surface area contributed by atoms with E-state index in [1.54, 1.807) is 0 Å². The molecule has 2 aromatic rings. The molecule has 2 heterocycles. The first-order chi connectivity index (χ1) is 11.1. The lowest BCUT2D eigenvalue weighted by Gasteiger charge is -2.19. The van der Waals surface area contributed by atoms with Crippen molar-refractivity contribution in [3.8, 4) is 5.75 Å². The first kappa shape index (κ1) is 16.1. The second-order valence-electron chi connectivity index (χ2n) is 6.86. The molecule has 0 radical (unpaired) electrons. The summed E-state index contributed by atoms with van der Waals surface area (Å²) in [7, 11) is 0. The summed E-state index contributed by atoms with van der Waals surface area (Å²) in [4.78, 5) is 4.52. The van der Waals surface area contributed by atoms with Crippen molar-refractivity contribution in [3.63, 3.8) is 0 Å². The van der Waals surface area contributed by atoms with Gasteiger partial charge in [0.2, 0.25) is 0 Å². The molecule has 1 aromatic heterocycles. The van der Waals surface area contributed by atoms with Crippen molar-refractivity contribution < 1.29 is 4.74 Å². The fourth-order valence-corrected chi connectivity index (χ4v) is 3.17. The first-order valence-corrected chi connectivity index (χ1v) is 8.60. The van der Waals surface area contributed by atoms with Crippen molar-refractivity contribution in [3.05, 3.63) is 47.5 Å². The number of fused-ring (bicyclic) bond motifs is 1. The van der Waals surface area contributed by atoms with Gasteiger partial charge in [-0.1, -0.05) is 26.0 Å². The van der Waals surface area contributed by atoms with Crippen LogP contribution in [0, 0.1) is 12.8 Å². The topological polar surface area (TPSA) is 39.1 Å². The molecule has 0 saturated carbocycles. The van der Waals surface area contributed by atoms with E-state index in [-0.39, 0.29) is 0 Å². The molecule has 124 valence electrons. The average Bonchev–Trinajstić information content (AvgIpc) is 2.83. The van der Waals surface area contributed by atoms with Crippen LogP contribution in [0.2, 0.25) is 0 Å². The lowest BCUT2D eigenvalue weighted by Crippen LogP contribution is -2.23. The summed E-state index contributed by atoms with van der Waals surface area (Å²) in [5.41, 5.74) is 2.52. The van der Waals surface area contributed by atoms with E-state index in [4.69, 9.17) is 4.74 Å². The molecule has 0 saturated heterocycles. The van der Waals surface area contributed by atoms with Gasteiger partial charge in [0, 0.05) is 30.5 Å². The predicted molar refractivity (Wildman–Crippen MR) is 92.6 cm³/mol. The van der Waals surface area contributed by atoms with Crippen LogP contribution < -0.4 is 10.1 Å². The molecular weight excluding hydrogens is 286 g/mol. The van der Waals surface area contributed by atoms with Gasteiger partial charge in [-0.3, -0.25) is 0 Å². The third-order valence-electron chi connectivity index (χ3n) is 4.31. The Morgan fingerprint density at radius 2 is 2.26 bits per heavy atom. The molecule has 0 amide bonds. The van der Waals surface area contributed by atoms with E-state index < -0.39 is 0 Å². The number of hydrogen-bond acceptors (Lipinski definition) is 3. The lowest BCUT2D eigenvalue weighted by molar-refractivity contribution is 0.315. The van der Waals surface area contributed by atoms with Crippen LogP contribution in [0.25, 0.3) is 0 Å². The Balaban J connectivity index is 1.72. The Morgan fingerprint density at radius 1 is 1.39 bits per heavy atom. The Hall–Kier alpha value is -1.81. The minimum Gasteiger partial charge on any atom is -0.493 e. The summed E-state index contributed by atoms with van der Waals surface area (Å²) in [6, 6.07) is 6.85. The number of aromatic nitrogens is 2. The van der Waals surface area contributed by atoms with E-state index in [0.29, 0.717) is 12.0 Å². The van der Waals surface area contributed by atoms with E-state index in [0.717, 1.165) is 44.1 Å². The zero-order valence-corrected chi connectivity index (χ0v) is 14.4. The minimum atomic E-state index is 0.331. The van der Waals surface area contributed by atoms with Crippen molar-refractivity contribution in [2.75, 3.05) is 6.61 Å². The zero-order valence-electron chi connectivity index (χ0n) is 14.4. The normalized spacial score (nSPS) is 17.7. The third kappa shape index (κ3) is 3.94. The fraction of sp³-hybridized carbons (Fsp3) is 0.526. The summed E-state index contributed by atoms with van der Waals surface area (Å²) >= 11 is 0. The molecule has 0 fully saturated rings. The number of imidazole rings is 1. The van der Waals surface area contributed by atoms with Gasteiger partial charge in [0.15, 0.2) is 0 Å². The molecule has 1 atom stereocenters. The van der Waals surface area contributed by atoms with Gasteiger partial charge < -0.3 is 14.6 Å². The smallest absolute Gasteiger partial charge is 0.124 e. The first-order valence-electron chi connectivity index (χ1n) is 8.60. The molecule has 23 heavy (non-hydrogen) atoms. The standard InChI is InChI=1S/C19H27N3O/c1-14(2)13-22-9-8-20-19(22)12-21-17-5-4-10-23-18-11-15(3)6-7-16(17)18/h6-9,11,14,17,21H,4-5,10,12-13H2,1-3H3. The lowest BCUT2D eigenvalue weighted by atomic mass is 10.0. The van der Waals surface area contributed by atoms with Crippen molar-refractivity contribution in [1.29, 1.82) is 0 Å². The average molecular weight is 313 g/mol. The van der Waals surface area contributed by atoms with E-state index in [1.807, 2.05) is 6.20 Å². The van der Waals surface area contributed by atoms with E-state index >= 15 is 0 Å². The number of ether oxygens (including phenoxy) is 1. The van der Waals surface area contributed by atoms with Gasteiger partial charge in [-0.2, -0.15) is 0 Å². The molecule has 1 aliphatic rings. The highest BCUT2D eigenvalue weighted by Crippen LogP contribution is 2.32. The van der Waals surface area contributed by atoms with Gasteiger partial charge >= 0.3 is 0 Å². The van der Waals surface area contributed by atoms with Crippen LogP contribution in [-0.2, 0) is 13.1 Å². The second kappa shape index (κ2) is 7.18. The van der Waals surface area contributed by atoms with Gasteiger partial charge in [-0.25, -0.2) is 4.98 Å². The Kier molecular flexibility index (Phi) is 5.01. The van der Waals surface area contributed by atoms with Crippen LogP contribution in [0.4, 0.5) is 0 Å². The Labute approximate surface area is 138 Å². The van der Waals surface area contributed by atoms with Crippen molar-refractivity contribution in [1.82, 2.24) is 14.9 Å². The summed E-state index contributed by atoms with van der Waals surface area (Å²) in [6.45, 7) is 9.19. The summed E-state index contributed by atoms with van der Waals surface area (Å²) in [5.74, 6) is 2.76. The van der Waals surface area contributed by atoms with Crippen molar-refractivity contribution in [2.45, 2.75) is 52.7 Å². The number of aryl methyl sites for hydroxylation is 1. The molecule has 0 bridgehead atoms. The SMILES string of the molecule is Cc1ccc2c(c1)OCCCC2NCc1nccn1CC(C)C. The summed E-state index contributed by atoms with van der Waals surface area (Å²) in [6.07, 6.45) is 6.14. The zero-order chi connectivity index (χ0) is 16.2. The van der Waals surface area contributed by atoms with E-state index in [1.165, 1.54) is 11.1 Å². The van der Waals surface area contributed by atoms with Gasteiger partial charge in [-0.15, -0.1) is 0 Å². The molecule has 1 N–H and O–H groups in total. The monoisotopic (exact) mass is 313 g/mol. The largest absolute Gasteiger partial charge is 0.493 e. The maximum Gasteiger partial charge on any atom is 0.124 e. The van der Waals surface area contributed by atoms with Crippen molar-refractivity contribution in [2.24, 2.45) is 5.92 Å². The van der Waals surface area contributed by atoms with Crippen molar-refractivity contribution >= 4 is 0 Å². The molecule has 0 aliphatic carbocycles. The predicted octanol–water partition coefficient (Wildman–Crippen LogP) is 3.85. The van der Waals surface area contributed by atoms with Crippen LogP contribution in [0.1, 0.15) is 49.7 Å².